The van der Waals surface area contributed by atoms with Crippen LogP contribution >= 0.6 is 0 Å². The molecule has 0 amide bonds. The van der Waals surface area contributed by atoms with E-state index in [1.807, 2.05) is 19.4 Å². The second kappa shape index (κ2) is 5.55. The number of nitrogens with zero attached hydrogens (tertiary/aromatic N) is 1. The van der Waals surface area contributed by atoms with Crippen molar-refractivity contribution in [2.75, 3.05) is 7.05 Å². The molecule has 1 N–H and O–H groups in total. The van der Waals surface area contributed by atoms with Crippen molar-refractivity contribution in [2.45, 2.75) is 25.8 Å². The normalized spacial score (nSPS) is 12.4. The topological polar surface area (TPSA) is 24.9 Å². The van der Waals surface area contributed by atoms with E-state index in [1.54, 1.807) is 0 Å². The lowest BCUT2D eigenvalue weighted by atomic mass is 10.0. The molecule has 0 aliphatic rings. The van der Waals surface area contributed by atoms with Crippen LogP contribution in [-0.2, 0) is 6.42 Å². The van der Waals surface area contributed by atoms with E-state index in [-0.39, 0.29) is 0 Å². The first-order valence-corrected chi connectivity index (χ1v) is 4.95. The van der Waals surface area contributed by atoms with E-state index in [1.165, 1.54) is 11.1 Å². The minimum Gasteiger partial charge on any atom is -0.313 e. The highest BCUT2D eigenvalue weighted by Crippen LogP contribution is 2.08. The zero-order valence-corrected chi connectivity index (χ0v) is 8.96. The van der Waals surface area contributed by atoms with E-state index in [2.05, 4.69) is 35.9 Å². The third-order valence-electron chi connectivity index (χ3n) is 2.41. The molecule has 1 aromatic rings. The zero-order valence-electron chi connectivity index (χ0n) is 8.96. The molecule has 1 aromatic heterocycles. The van der Waals surface area contributed by atoms with Gasteiger partial charge in [-0.1, -0.05) is 12.2 Å². The molecule has 1 atom stereocenters. The Bertz CT molecular complexity index is 280. The van der Waals surface area contributed by atoms with E-state index in [4.69, 9.17) is 0 Å². The summed E-state index contributed by atoms with van der Waals surface area (Å²) in [6.07, 6.45) is 5.84. The van der Waals surface area contributed by atoms with Gasteiger partial charge in [0.05, 0.1) is 0 Å². The Morgan fingerprint density at radius 3 is 2.64 bits per heavy atom. The van der Waals surface area contributed by atoms with Gasteiger partial charge < -0.3 is 5.32 Å². The highest BCUT2D eigenvalue weighted by atomic mass is 14.9. The van der Waals surface area contributed by atoms with Gasteiger partial charge in [0.1, 0.15) is 0 Å². The number of nitrogens with one attached hydrogen (secondary N) is 1. The van der Waals surface area contributed by atoms with E-state index in [9.17, 15) is 0 Å². The van der Waals surface area contributed by atoms with Gasteiger partial charge in [0, 0.05) is 18.4 Å². The molecule has 2 heteroatoms. The third-order valence-corrected chi connectivity index (χ3v) is 2.41. The summed E-state index contributed by atoms with van der Waals surface area (Å²) < 4.78 is 0. The molecule has 0 bridgehead atoms. The molecule has 14 heavy (non-hydrogen) atoms. The maximum atomic E-state index is 3.99. The summed E-state index contributed by atoms with van der Waals surface area (Å²) in [5.41, 5.74) is 2.53. The molecule has 0 aliphatic heterocycles. The van der Waals surface area contributed by atoms with E-state index in [0.29, 0.717) is 6.04 Å². The van der Waals surface area contributed by atoms with Gasteiger partial charge in [-0.05, 0) is 44.5 Å². The smallest absolute Gasteiger partial charge is 0.0274 e. The molecular weight excluding hydrogens is 172 g/mol. The summed E-state index contributed by atoms with van der Waals surface area (Å²) >= 11 is 0. The van der Waals surface area contributed by atoms with Crippen LogP contribution in [0, 0.1) is 0 Å². The molecule has 2 nitrogen and oxygen atoms in total. The highest BCUT2D eigenvalue weighted by Gasteiger charge is 2.05. The van der Waals surface area contributed by atoms with Gasteiger partial charge in [-0.3, -0.25) is 4.98 Å². The van der Waals surface area contributed by atoms with Crippen LogP contribution in [0.25, 0.3) is 0 Å². The number of aromatic nitrogens is 1. The van der Waals surface area contributed by atoms with Crippen molar-refractivity contribution in [1.82, 2.24) is 10.3 Å². The fourth-order valence-electron chi connectivity index (χ4n) is 1.50. The van der Waals surface area contributed by atoms with E-state index < -0.39 is 0 Å². The molecule has 0 fully saturated rings. The largest absolute Gasteiger partial charge is 0.313 e. The standard InChI is InChI=1S/C12H18N2/c1-10(2)12(13-3)5-4-11-6-8-14-9-7-11/h6-9,12-13H,1,4-5H2,2-3H3. The van der Waals surface area contributed by atoms with Crippen molar-refractivity contribution < 1.29 is 0 Å². The van der Waals surface area contributed by atoms with Crippen LogP contribution < -0.4 is 5.32 Å². The van der Waals surface area contributed by atoms with Crippen molar-refractivity contribution in [3.8, 4) is 0 Å². The predicted octanol–water partition coefficient (Wildman–Crippen LogP) is 2.18. The first-order valence-electron chi connectivity index (χ1n) is 4.95. The van der Waals surface area contributed by atoms with Crippen LogP contribution in [0.1, 0.15) is 18.9 Å². The Hall–Kier alpha value is -1.15. The van der Waals surface area contributed by atoms with Crippen molar-refractivity contribution in [1.29, 1.82) is 0 Å². The monoisotopic (exact) mass is 190 g/mol. The summed E-state index contributed by atoms with van der Waals surface area (Å²) in [6.45, 7) is 6.03. The van der Waals surface area contributed by atoms with E-state index in [0.717, 1.165) is 12.8 Å². The minimum atomic E-state index is 0.420. The van der Waals surface area contributed by atoms with Gasteiger partial charge in [-0.2, -0.15) is 0 Å². The zero-order chi connectivity index (χ0) is 10.4. The summed E-state index contributed by atoms with van der Waals surface area (Å²) in [6, 6.07) is 4.54. The van der Waals surface area contributed by atoms with Gasteiger partial charge >= 0.3 is 0 Å². The summed E-state index contributed by atoms with van der Waals surface area (Å²) in [5, 5.41) is 3.26. The van der Waals surface area contributed by atoms with E-state index >= 15 is 0 Å². The van der Waals surface area contributed by atoms with Crippen molar-refractivity contribution in [3.63, 3.8) is 0 Å². The number of hydrogen-bond donors (Lipinski definition) is 1. The Balaban J connectivity index is 2.44. The molecule has 1 heterocycles. The van der Waals surface area contributed by atoms with Crippen LogP contribution in [0.2, 0.25) is 0 Å². The Morgan fingerprint density at radius 2 is 2.14 bits per heavy atom. The average Bonchev–Trinajstić information content (AvgIpc) is 2.20. The van der Waals surface area contributed by atoms with Crippen LogP contribution in [0.15, 0.2) is 36.7 Å². The summed E-state index contributed by atoms with van der Waals surface area (Å²) in [7, 11) is 1.98. The van der Waals surface area contributed by atoms with Gasteiger partial charge in [0.15, 0.2) is 0 Å². The molecule has 0 spiro atoms. The van der Waals surface area contributed by atoms with Crippen molar-refractivity contribution in [3.05, 3.63) is 42.2 Å². The van der Waals surface area contributed by atoms with Gasteiger partial charge in [0.2, 0.25) is 0 Å². The fourth-order valence-corrected chi connectivity index (χ4v) is 1.50. The molecule has 76 valence electrons. The average molecular weight is 190 g/mol. The Labute approximate surface area is 86.1 Å². The highest BCUT2D eigenvalue weighted by molar-refractivity contribution is 5.11. The number of pyridine rings is 1. The summed E-state index contributed by atoms with van der Waals surface area (Å²) in [4.78, 5) is 3.99. The second-order valence-electron chi connectivity index (χ2n) is 3.58. The van der Waals surface area contributed by atoms with Crippen LogP contribution in [-0.4, -0.2) is 18.1 Å². The maximum absolute atomic E-state index is 3.99. The van der Waals surface area contributed by atoms with Gasteiger partial charge in [0.25, 0.3) is 0 Å². The molecule has 0 aromatic carbocycles. The number of likely N-dealkylation sites (N-methyl/N-ethyl adjacent to an activating group) is 1. The molecule has 0 saturated heterocycles. The predicted molar refractivity (Wildman–Crippen MR) is 60.2 cm³/mol. The lowest BCUT2D eigenvalue weighted by molar-refractivity contribution is 0.588. The quantitative estimate of drug-likeness (QED) is 0.720. The Kier molecular flexibility index (Phi) is 4.33. The molecule has 1 unspecified atom stereocenters. The van der Waals surface area contributed by atoms with Crippen molar-refractivity contribution >= 4 is 0 Å². The molecule has 0 saturated carbocycles. The first kappa shape index (κ1) is 10.9. The van der Waals surface area contributed by atoms with Gasteiger partial charge in [-0.15, -0.1) is 0 Å². The number of aryl methyl sites for hydroxylation is 1. The van der Waals surface area contributed by atoms with Crippen LogP contribution in [0.4, 0.5) is 0 Å². The number of hydrogen-bond acceptors (Lipinski definition) is 2. The van der Waals surface area contributed by atoms with Gasteiger partial charge in [-0.25, -0.2) is 0 Å². The van der Waals surface area contributed by atoms with Crippen molar-refractivity contribution in [2.24, 2.45) is 0 Å². The lowest BCUT2D eigenvalue weighted by Crippen LogP contribution is -2.26. The molecule has 0 aliphatic carbocycles. The molecule has 0 radical (unpaired) electrons. The minimum absolute atomic E-state index is 0.420. The molecule has 1 rings (SSSR count). The third kappa shape index (κ3) is 3.30. The SMILES string of the molecule is C=C(C)C(CCc1ccncc1)NC. The second-order valence-corrected chi connectivity index (χ2v) is 3.58. The van der Waals surface area contributed by atoms with Crippen LogP contribution in [0.5, 0.6) is 0 Å². The molecular formula is C12H18N2. The fraction of sp³-hybridized carbons (Fsp3) is 0.417. The lowest BCUT2D eigenvalue weighted by Gasteiger charge is -2.15. The Morgan fingerprint density at radius 1 is 1.50 bits per heavy atom. The van der Waals surface area contributed by atoms with Crippen LogP contribution in [0.3, 0.4) is 0 Å². The first-order chi connectivity index (χ1) is 6.74. The maximum Gasteiger partial charge on any atom is 0.0274 e. The number of rotatable bonds is 5. The summed E-state index contributed by atoms with van der Waals surface area (Å²) in [5.74, 6) is 0.